The molecule has 1 aromatic rings. The van der Waals surface area contributed by atoms with E-state index in [-0.39, 0.29) is 24.1 Å². The van der Waals surface area contributed by atoms with Crippen LogP contribution in [0.25, 0.3) is 0 Å². The normalized spacial score (nSPS) is 11.9. The maximum atomic E-state index is 11.3. The summed E-state index contributed by atoms with van der Waals surface area (Å²) in [5.41, 5.74) is 0.682. The molecule has 0 fully saturated rings. The van der Waals surface area contributed by atoms with E-state index in [2.05, 4.69) is 5.32 Å². The van der Waals surface area contributed by atoms with Crippen LogP contribution in [0.2, 0.25) is 0 Å². The highest BCUT2D eigenvalue weighted by atomic mass is 16.6. The van der Waals surface area contributed by atoms with E-state index in [1.807, 2.05) is 6.92 Å². The van der Waals surface area contributed by atoms with E-state index < -0.39 is 4.92 Å². The van der Waals surface area contributed by atoms with E-state index in [9.17, 15) is 14.9 Å². The fourth-order valence-corrected chi connectivity index (χ4v) is 1.66. The van der Waals surface area contributed by atoms with Crippen molar-refractivity contribution in [3.05, 3.63) is 39.9 Å². The Balaban J connectivity index is 2.52. The summed E-state index contributed by atoms with van der Waals surface area (Å²) in [5.74, 6) is -0.273. The Bertz CT molecular complexity index is 448. The summed E-state index contributed by atoms with van der Waals surface area (Å²) >= 11 is 0. The van der Waals surface area contributed by atoms with Crippen molar-refractivity contribution in [3.8, 4) is 0 Å². The maximum Gasteiger partial charge on any atom is 0.307 e. The quantitative estimate of drug-likeness (QED) is 0.464. The zero-order chi connectivity index (χ0) is 14.3. The summed E-state index contributed by atoms with van der Waals surface area (Å²) in [5, 5.41) is 13.9. The van der Waals surface area contributed by atoms with Gasteiger partial charge in [-0.2, -0.15) is 0 Å². The van der Waals surface area contributed by atoms with Crippen molar-refractivity contribution < 1.29 is 14.5 Å². The van der Waals surface area contributed by atoms with Crippen LogP contribution in [0.3, 0.4) is 0 Å². The standard InChI is InChI=1S/C13H18N2O4/c1-3-19-13(16)8-10(2)14-9-11-6-4-5-7-12(11)15(17)18/h4-7,10,14H,3,8-9H2,1-2H3. The average molecular weight is 266 g/mol. The number of carbonyl (C=O) groups is 1. The minimum atomic E-state index is -0.410. The van der Waals surface area contributed by atoms with Gasteiger partial charge in [0.2, 0.25) is 0 Å². The Morgan fingerprint density at radius 2 is 2.16 bits per heavy atom. The van der Waals surface area contributed by atoms with Gasteiger partial charge in [-0.1, -0.05) is 18.2 Å². The second-order valence-corrected chi connectivity index (χ2v) is 4.18. The fraction of sp³-hybridized carbons (Fsp3) is 0.462. The highest BCUT2D eigenvalue weighted by molar-refractivity contribution is 5.70. The Labute approximate surface area is 111 Å². The van der Waals surface area contributed by atoms with Gasteiger partial charge in [0, 0.05) is 24.2 Å². The first kappa shape index (κ1) is 15.1. The molecule has 0 spiro atoms. The monoisotopic (exact) mass is 266 g/mol. The van der Waals surface area contributed by atoms with Crippen LogP contribution in [0.1, 0.15) is 25.8 Å². The molecule has 1 unspecified atom stereocenters. The number of esters is 1. The number of hydrogen-bond acceptors (Lipinski definition) is 5. The number of rotatable bonds is 7. The lowest BCUT2D eigenvalue weighted by Gasteiger charge is -2.13. The van der Waals surface area contributed by atoms with Gasteiger partial charge < -0.3 is 10.1 Å². The second kappa shape index (κ2) is 7.48. The molecule has 0 aliphatic rings. The van der Waals surface area contributed by atoms with Crippen LogP contribution >= 0.6 is 0 Å². The van der Waals surface area contributed by atoms with Crippen LogP contribution in [0.15, 0.2) is 24.3 Å². The Morgan fingerprint density at radius 1 is 1.47 bits per heavy atom. The zero-order valence-corrected chi connectivity index (χ0v) is 11.1. The van der Waals surface area contributed by atoms with Gasteiger partial charge in [-0.05, 0) is 13.8 Å². The Kier molecular flexibility index (Phi) is 5.95. The second-order valence-electron chi connectivity index (χ2n) is 4.18. The molecule has 0 aromatic heterocycles. The highest BCUT2D eigenvalue weighted by Gasteiger charge is 2.14. The third kappa shape index (κ3) is 5.05. The molecule has 1 rings (SSSR count). The average Bonchev–Trinajstić information content (AvgIpc) is 2.36. The lowest BCUT2D eigenvalue weighted by atomic mass is 10.1. The number of nitro benzene ring substituents is 1. The molecule has 0 saturated heterocycles. The number of carbonyl (C=O) groups excluding carboxylic acids is 1. The van der Waals surface area contributed by atoms with E-state index in [0.29, 0.717) is 18.7 Å². The highest BCUT2D eigenvalue weighted by Crippen LogP contribution is 2.17. The molecule has 0 aliphatic heterocycles. The predicted molar refractivity (Wildman–Crippen MR) is 70.6 cm³/mol. The predicted octanol–water partition coefficient (Wildman–Crippen LogP) is 2.03. The van der Waals surface area contributed by atoms with Crippen LogP contribution in [0.4, 0.5) is 5.69 Å². The minimum Gasteiger partial charge on any atom is -0.466 e. The van der Waals surface area contributed by atoms with Crippen LogP contribution in [0.5, 0.6) is 0 Å². The number of nitrogens with one attached hydrogen (secondary N) is 1. The summed E-state index contributed by atoms with van der Waals surface area (Å²) in [6, 6.07) is 6.44. The van der Waals surface area contributed by atoms with Crippen LogP contribution in [0, 0.1) is 10.1 Å². The van der Waals surface area contributed by atoms with Crippen LogP contribution in [-0.4, -0.2) is 23.5 Å². The van der Waals surface area contributed by atoms with Gasteiger partial charge in [-0.3, -0.25) is 14.9 Å². The van der Waals surface area contributed by atoms with Gasteiger partial charge in [-0.25, -0.2) is 0 Å². The number of nitrogens with zero attached hydrogens (tertiary/aromatic N) is 1. The van der Waals surface area contributed by atoms with E-state index in [0.717, 1.165) is 0 Å². The number of benzene rings is 1. The third-order valence-corrected chi connectivity index (χ3v) is 2.61. The van der Waals surface area contributed by atoms with E-state index in [1.165, 1.54) is 6.07 Å². The molecular weight excluding hydrogens is 248 g/mol. The summed E-state index contributed by atoms with van der Waals surface area (Å²) in [6.45, 7) is 4.29. The number of ether oxygens (including phenoxy) is 1. The van der Waals surface area contributed by atoms with Gasteiger partial charge in [0.1, 0.15) is 0 Å². The molecule has 0 saturated carbocycles. The molecule has 0 bridgehead atoms. The van der Waals surface area contributed by atoms with Crippen molar-refractivity contribution in [1.82, 2.24) is 5.32 Å². The summed E-state index contributed by atoms with van der Waals surface area (Å²) < 4.78 is 4.84. The molecule has 0 amide bonds. The maximum absolute atomic E-state index is 11.3. The summed E-state index contributed by atoms with van der Waals surface area (Å²) in [7, 11) is 0. The first-order valence-corrected chi connectivity index (χ1v) is 6.16. The third-order valence-electron chi connectivity index (χ3n) is 2.61. The lowest BCUT2D eigenvalue weighted by molar-refractivity contribution is -0.385. The molecular formula is C13H18N2O4. The summed E-state index contributed by atoms with van der Waals surface area (Å²) in [6.07, 6.45) is 0.245. The van der Waals surface area contributed by atoms with Gasteiger partial charge in [0.15, 0.2) is 0 Å². The van der Waals surface area contributed by atoms with E-state index >= 15 is 0 Å². The van der Waals surface area contributed by atoms with E-state index in [4.69, 9.17) is 4.74 Å². The SMILES string of the molecule is CCOC(=O)CC(C)NCc1ccccc1[N+](=O)[O-]. The van der Waals surface area contributed by atoms with E-state index in [1.54, 1.807) is 25.1 Å². The first-order valence-electron chi connectivity index (χ1n) is 6.16. The van der Waals surface area contributed by atoms with Crippen molar-refractivity contribution >= 4 is 11.7 Å². The molecule has 0 aliphatic carbocycles. The van der Waals surface area contributed by atoms with Crippen molar-refractivity contribution in [2.24, 2.45) is 0 Å². The minimum absolute atomic E-state index is 0.0818. The lowest BCUT2D eigenvalue weighted by Crippen LogP contribution is -2.29. The number of nitro groups is 1. The van der Waals surface area contributed by atoms with Crippen molar-refractivity contribution in [3.63, 3.8) is 0 Å². The molecule has 1 atom stereocenters. The number of hydrogen-bond donors (Lipinski definition) is 1. The van der Waals surface area contributed by atoms with Gasteiger partial charge in [0.05, 0.1) is 18.0 Å². The molecule has 1 N–H and O–H groups in total. The van der Waals surface area contributed by atoms with Crippen molar-refractivity contribution in [1.29, 1.82) is 0 Å². The van der Waals surface area contributed by atoms with Crippen molar-refractivity contribution in [2.75, 3.05) is 6.61 Å². The fourth-order valence-electron chi connectivity index (χ4n) is 1.66. The van der Waals surface area contributed by atoms with Gasteiger partial charge in [0.25, 0.3) is 5.69 Å². The topological polar surface area (TPSA) is 81.5 Å². The van der Waals surface area contributed by atoms with Crippen LogP contribution in [-0.2, 0) is 16.1 Å². The first-order chi connectivity index (χ1) is 9.04. The summed E-state index contributed by atoms with van der Waals surface area (Å²) in [4.78, 5) is 21.7. The van der Waals surface area contributed by atoms with Gasteiger partial charge in [-0.15, -0.1) is 0 Å². The smallest absolute Gasteiger partial charge is 0.307 e. The number of para-hydroxylation sites is 1. The molecule has 6 heteroatoms. The molecule has 19 heavy (non-hydrogen) atoms. The molecule has 0 radical (unpaired) electrons. The molecule has 0 heterocycles. The van der Waals surface area contributed by atoms with Crippen molar-refractivity contribution in [2.45, 2.75) is 32.9 Å². The largest absolute Gasteiger partial charge is 0.466 e. The molecule has 6 nitrogen and oxygen atoms in total. The molecule has 104 valence electrons. The molecule has 1 aromatic carbocycles. The Hall–Kier alpha value is -1.95. The Morgan fingerprint density at radius 3 is 2.79 bits per heavy atom. The van der Waals surface area contributed by atoms with Gasteiger partial charge >= 0.3 is 5.97 Å². The zero-order valence-electron chi connectivity index (χ0n) is 11.1. The van der Waals surface area contributed by atoms with Crippen LogP contribution < -0.4 is 5.32 Å².